The van der Waals surface area contributed by atoms with E-state index in [4.69, 9.17) is 11.6 Å². The lowest BCUT2D eigenvalue weighted by molar-refractivity contribution is -0.145. The summed E-state index contributed by atoms with van der Waals surface area (Å²) in [5, 5.41) is 9.68. The Hall–Kier alpha value is -1.64. The lowest BCUT2D eigenvalue weighted by atomic mass is 10.2. The molecule has 0 aromatic heterocycles. The summed E-state index contributed by atoms with van der Waals surface area (Å²) < 4.78 is 26.1. The first-order valence-electron chi connectivity index (χ1n) is 6.49. The smallest absolute Gasteiger partial charge is 0.323 e. The van der Waals surface area contributed by atoms with E-state index in [0.29, 0.717) is 5.02 Å². The number of amides is 1. The van der Waals surface area contributed by atoms with E-state index in [1.54, 1.807) is 0 Å². The van der Waals surface area contributed by atoms with Crippen molar-refractivity contribution in [3.8, 4) is 0 Å². The van der Waals surface area contributed by atoms with Gasteiger partial charge >= 0.3 is 5.97 Å². The number of carbonyl (C=O) groups excluding carboxylic acids is 1. The summed E-state index contributed by atoms with van der Waals surface area (Å²) in [7, 11) is -3.97. The fraction of sp³-hybridized carbons (Fsp3) is 0.385. The topological polar surface area (TPSA) is 95.0 Å². The summed E-state index contributed by atoms with van der Waals surface area (Å²) >= 11 is 5.73. The highest BCUT2D eigenvalue weighted by molar-refractivity contribution is 7.89. The summed E-state index contributed by atoms with van der Waals surface area (Å²) in [5.74, 6) is -1.57. The zero-order valence-corrected chi connectivity index (χ0v) is 13.3. The van der Waals surface area contributed by atoms with Gasteiger partial charge in [0.1, 0.15) is 6.04 Å². The van der Waals surface area contributed by atoms with Gasteiger partial charge < -0.3 is 10.0 Å². The van der Waals surface area contributed by atoms with E-state index in [0.717, 1.165) is 4.31 Å². The van der Waals surface area contributed by atoms with Crippen LogP contribution in [0.15, 0.2) is 29.2 Å². The highest BCUT2D eigenvalue weighted by atomic mass is 35.5. The molecule has 1 unspecified atom stereocenters. The monoisotopic (exact) mass is 346 g/mol. The van der Waals surface area contributed by atoms with Crippen LogP contribution in [0.25, 0.3) is 0 Å². The molecule has 1 aliphatic heterocycles. The number of carboxylic acids is 1. The lowest BCUT2D eigenvalue weighted by Gasteiger charge is -2.37. The summed E-state index contributed by atoms with van der Waals surface area (Å²) in [6, 6.07) is 4.20. The molecule has 1 N–H and O–H groups in total. The van der Waals surface area contributed by atoms with Crippen molar-refractivity contribution in [1.29, 1.82) is 0 Å². The van der Waals surface area contributed by atoms with E-state index in [1.807, 2.05) is 0 Å². The third-order valence-electron chi connectivity index (χ3n) is 3.48. The van der Waals surface area contributed by atoms with E-state index >= 15 is 0 Å². The Morgan fingerprint density at radius 3 is 2.32 bits per heavy atom. The van der Waals surface area contributed by atoms with Crippen molar-refractivity contribution < 1.29 is 23.1 Å². The van der Waals surface area contributed by atoms with Crippen molar-refractivity contribution in [1.82, 2.24) is 9.21 Å². The van der Waals surface area contributed by atoms with Crippen LogP contribution in [-0.4, -0.2) is 60.3 Å². The molecule has 0 spiro atoms. The van der Waals surface area contributed by atoms with Gasteiger partial charge in [0.25, 0.3) is 0 Å². The number of rotatable bonds is 3. The van der Waals surface area contributed by atoms with Crippen LogP contribution in [0, 0.1) is 0 Å². The van der Waals surface area contributed by atoms with Crippen molar-refractivity contribution in [2.45, 2.75) is 17.9 Å². The molecule has 1 atom stereocenters. The molecule has 1 saturated heterocycles. The molecule has 1 aromatic rings. The number of carbonyl (C=O) groups is 2. The molecular formula is C13H15ClN2O5S. The number of nitrogens with zero attached hydrogens (tertiary/aromatic N) is 2. The average molecular weight is 347 g/mol. The summed E-state index contributed by atoms with van der Waals surface area (Å²) in [4.78, 5) is 24.1. The largest absolute Gasteiger partial charge is 0.480 e. The van der Waals surface area contributed by atoms with Gasteiger partial charge in [-0.1, -0.05) is 11.6 Å². The quantitative estimate of drug-likeness (QED) is 0.866. The molecule has 1 aliphatic rings. The molecule has 7 nitrogen and oxygen atoms in total. The van der Waals surface area contributed by atoms with Gasteiger partial charge in [-0.25, -0.2) is 8.42 Å². The van der Waals surface area contributed by atoms with Gasteiger partial charge in [-0.05, 0) is 24.3 Å². The summed E-state index contributed by atoms with van der Waals surface area (Å²) in [6.45, 7) is 1.24. The Morgan fingerprint density at radius 1 is 1.23 bits per heavy atom. The third-order valence-corrected chi connectivity index (χ3v) is 5.66. The molecule has 120 valence electrons. The minimum Gasteiger partial charge on any atom is -0.480 e. The van der Waals surface area contributed by atoms with Gasteiger partial charge in [-0.2, -0.15) is 4.31 Å². The summed E-state index contributed by atoms with van der Waals surface area (Å²) in [5.41, 5.74) is 0. The highest BCUT2D eigenvalue weighted by Crippen LogP contribution is 2.23. The van der Waals surface area contributed by atoms with Crippen LogP contribution in [0.2, 0.25) is 5.02 Å². The number of carboxylic acid groups (broad SMARTS) is 1. The Labute approximate surface area is 133 Å². The molecule has 22 heavy (non-hydrogen) atoms. The SMILES string of the molecule is CC(=O)N1CCN(S(=O)(=O)c2ccc(Cl)cc2)C(C(=O)O)C1. The average Bonchev–Trinajstić information content (AvgIpc) is 2.46. The molecule has 0 bridgehead atoms. The van der Waals surface area contributed by atoms with Gasteiger partial charge in [-0.15, -0.1) is 0 Å². The van der Waals surface area contributed by atoms with E-state index in [9.17, 15) is 23.1 Å². The van der Waals surface area contributed by atoms with Gasteiger partial charge in [-0.3, -0.25) is 9.59 Å². The number of halogens is 1. The van der Waals surface area contributed by atoms with E-state index in [2.05, 4.69) is 0 Å². The fourth-order valence-electron chi connectivity index (χ4n) is 2.28. The maximum atomic E-state index is 12.6. The Balaban J connectivity index is 2.35. The van der Waals surface area contributed by atoms with Gasteiger partial charge in [0.05, 0.1) is 4.90 Å². The second-order valence-electron chi connectivity index (χ2n) is 4.89. The number of hydrogen-bond donors (Lipinski definition) is 1. The van der Waals surface area contributed by atoms with Crippen molar-refractivity contribution in [3.63, 3.8) is 0 Å². The normalized spacial score (nSPS) is 19.9. The minimum absolute atomic E-state index is 0.0283. The molecular weight excluding hydrogens is 332 g/mol. The minimum atomic E-state index is -3.97. The van der Waals surface area contributed by atoms with E-state index in [1.165, 1.54) is 36.1 Å². The number of piperazine rings is 1. The van der Waals surface area contributed by atoms with E-state index in [-0.39, 0.29) is 30.4 Å². The molecule has 1 heterocycles. The maximum Gasteiger partial charge on any atom is 0.323 e. The second-order valence-corrected chi connectivity index (χ2v) is 7.22. The first-order chi connectivity index (χ1) is 10.2. The summed E-state index contributed by atoms with van der Waals surface area (Å²) in [6.07, 6.45) is 0. The zero-order valence-electron chi connectivity index (χ0n) is 11.8. The Kier molecular flexibility index (Phi) is 4.74. The predicted molar refractivity (Wildman–Crippen MR) is 79.0 cm³/mol. The predicted octanol–water partition coefficient (Wildman–Crippen LogP) is 0.646. The van der Waals surface area contributed by atoms with Crippen LogP contribution >= 0.6 is 11.6 Å². The van der Waals surface area contributed by atoms with Gasteiger partial charge in [0.2, 0.25) is 15.9 Å². The third kappa shape index (κ3) is 3.23. The number of aliphatic carboxylic acids is 1. The number of sulfonamides is 1. The van der Waals surface area contributed by atoms with Crippen LogP contribution in [-0.2, 0) is 19.6 Å². The molecule has 0 radical (unpaired) electrons. The van der Waals surface area contributed by atoms with Crippen LogP contribution in [0.4, 0.5) is 0 Å². The van der Waals surface area contributed by atoms with Crippen molar-refractivity contribution in [2.24, 2.45) is 0 Å². The number of hydrogen-bond acceptors (Lipinski definition) is 4. The Bertz CT molecular complexity index is 689. The molecule has 1 aromatic carbocycles. The van der Waals surface area contributed by atoms with Crippen LogP contribution in [0.1, 0.15) is 6.92 Å². The van der Waals surface area contributed by atoms with Crippen molar-refractivity contribution in [2.75, 3.05) is 19.6 Å². The lowest BCUT2D eigenvalue weighted by Crippen LogP contribution is -2.58. The first-order valence-corrected chi connectivity index (χ1v) is 8.31. The first kappa shape index (κ1) is 16.7. The Morgan fingerprint density at radius 2 is 1.82 bits per heavy atom. The van der Waals surface area contributed by atoms with Crippen molar-refractivity contribution in [3.05, 3.63) is 29.3 Å². The maximum absolute atomic E-state index is 12.6. The van der Waals surface area contributed by atoms with Crippen LogP contribution in [0.5, 0.6) is 0 Å². The van der Waals surface area contributed by atoms with E-state index < -0.39 is 22.0 Å². The van der Waals surface area contributed by atoms with Crippen LogP contribution in [0.3, 0.4) is 0 Å². The molecule has 1 amide bonds. The highest BCUT2D eigenvalue weighted by Gasteiger charge is 2.40. The fourth-order valence-corrected chi connectivity index (χ4v) is 3.97. The second kappa shape index (κ2) is 6.23. The van der Waals surface area contributed by atoms with Gasteiger partial charge in [0, 0.05) is 31.6 Å². The van der Waals surface area contributed by atoms with Crippen LogP contribution < -0.4 is 0 Å². The molecule has 1 fully saturated rings. The standard InChI is InChI=1S/C13H15ClN2O5S/c1-9(17)15-6-7-16(12(8-15)13(18)19)22(20,21)11-4-2-10(14)3-5-11/h2-5,12H,6-8H2,1H3,(H,18,19). The molecule has 9 heteroatoms. The molecule has 0 aliphatic carbocycles. The molecule has 0 saturated carbocycles. The van der Waals surface area contributed by atoms with Crippen molar-refractivity contribution >= 4 is 33.5 Å². The van der Waals surface area contributed by atoms with Gasteiger partial charge in [0.15, 0.2) is 0 Å². The molecule has 2 rings (SSSR count). The zero-order chi connectivity index (χ0) is 16.5. The number of benzene rings is 1.